The summed E-state index contributed by atoms with van der Waals surface area (Å²) in [5.74, 6) is 0. The van der Waals surface area contributed by atoms with Crippen molar-refractivity contribution in [2.24, 2.45) is 0 Å². The monoisotopic (exact) mass is 136 g/mol. The fourth-order valence-corrected chi connectivity index (χ4v) is 0.317. The van der Waals surface area contributed by atoms with E-state index >= 15 is 0 Å². The van der Waals surface area contributed by atoms with Gasteiger partial charge in [0.05, 0.1) is 12.7 Å². The summed E-state index contributed by atoms with van der Waals surface area (Å²) in [6.45, 7) is -0.648. The number of rotatable bonds is 4. The third-order valence-electron chi connectivity index (χ3n) is 0.857. The van der Waals surface area contributed by atoms with E-state index in [1.54, 1.807) is 0 Å². The van der Waals surface area contributed by atoms with Gasteiger partial charge < -0.3 is 20.1 Å². The molecule has 9 heavy (non-hydrogen) atoms. The topological polar surface area (TPSA) is 77.8 Å². The van der Waals surface area contributed by atoms with Crippen molar-refractivity contribution < 1.29 is 21.5 Å². The van der Waals surface area contributed by atoms with Crippen LogP contribution in [0.1, 0.15) is 7.77 Å². The first-order chi connectivity index (χ1) is 4.63. The van der Waals surface area contributed by atoms with Crippen LogP contribution in [0.4, 0.5) is 0 Å². The minimum Gasteiger partial charge on any atom is -0.394 e. The van der Waals surface area contributed by atoms with E-state index in [-0.39, 0.29) is 6.29 Å². The van der Waals surface area contributed by atoms with Crippen LogP contribution < -0.4 is 0 Å². The average molecular weight is 136 g/mol. The molecule has 3 N–H and O–H groups in total. The third kappa shape index (κ3) is 3.18. The summed E-state index contributed by atoms with van der Waals surface area (Å²) in [5.41, 5.74) is 0. The maximum atomic E-state index is 9.83. The van der Waals surface area contributed by atoms with Gasteiger partial charge >= 0.3 is 0 Å². The van der Waals surface area contributed by atoms with E-state index in [1.807, 2.05) is 0 Å². The number of aldehydes is 1. The fraction of sp³-hybridized carbons (Fsp3) is 0.800. The van der Waals surface area contributed by atoms with E-state index < -0.39 is 25.2 Å². The molecule has 0 aromatic heterocycles. The number of carbonyl (C=O) groups is 1. The molecule has 0 aliphatic carbocycles. The molecule has 3 atom stereocenters. The molecule has 0 saturated carbocycles. The fourth-order valence-electron chi connectivity index (χ4n) is 0.317. The summed E-state index contributed by atoms with van der Waals surface area (Å²) in [6.07, 6.45) is -4.10. The number of hydrogen-bond acceptors (Lipinski definition) is 4. The molecule has 0 amide bonds. The molecule has 0 bridgehead atoms. The highest BCUT2D eigenvalue weighted by Gasteiger charge is 2.13. The Kier molecular flexibility index (Phi) is 3.28. The summed E-state index contributed by atoms with van der Waals surface area (Å²) >= 11 is 0. The Morgan fingerprint density at radius 1 is 1.56 bits per heavy atom. The van der Waals surface area contributed by atoms with Crippen molar-refractivity contribution in [1.29, 1.82) is 0 Å². The number of hydrogen-bond donors (Lipinski definition) is 3. The van der Waals surface area contributed by atoms with Crippen molar-refractivity contribution in [1.82, 2.24) is 0 Å². The van der Waals surface area contributed by atoms with Crippen molar-refractivity contribution in [3.05, 3.63) is 0 Å². The van der Waals surface area contributed by atoms with Crippen molar-refractivity contribution in [3.8, 4) is 0 Å². The first-order valence-electron chi connectivity index (χ1n) is 3.05. The zero-order chi connectivity index (χ0) is 8.15. The molecule has 0 saturated heterocycles. The van der Waals surface area contributed by atoms with Gasteiger partial charge in [-0.1, -0.05) is 0 Å². The summed E-state index contributed by atoms with van der Waals surface area (Å²) in [5, 5.41) is 25.6. The summed E-state index contributed by atoms with van der Waals surface area (Å²) in [7, 11) is 0. The third-order valence-corrected chi connectivity index (χ3v) is 0.857. The van der Waals surface area contributed by atoms with Crippen LogP contribution in [-0.2, 0) is 4.79 Å². The zero-order valence-corrected chi connectivity index (χ0v) is 4.77. The maximum Gasteiger partial charge on any atom is 0.122 e. The van der Waals surface area contributed by atoms with E-state index in [1.165, 1.54) is 0 Å². The smallest absolute Gasteiger partial charge is 0.122 e. The van der Waals surface area contributed by atoms with Crippen LogP contribution in [0.2, 0.25) is 0 Å². The maximum absolute atomic E-state index is 9.83. The van der Waals surface area contributed by atoms with Crippen molar-refractivity contribution in [3.63, 3.8) is 0 Å². The SMILES string of the molecule is [3H][C@H](C=O)[C@H](O)[C@H](O)CO. The lowest BCUT2D eigenvalue weighted by Crippen LogP contribution is -2.29. The molecule has 0 aromatic carbocycles. The first-order valence-corrected chi connectivity index (χ1v) is 2.48. The molecule has 0 aliphatic rings. The van der Waals surface area contributed by atoms with Gasteiger partial charge in [0.15, 0.2) is 0 Å². The predicted octanol–water partition coefficient (Wildman–Crippen LogP) is -1.71. The van der Waals surface area contributed by atoms with Gasteiger partial charge in [-0.25, -0.2) is 0 Å². The Labute approximate surface area is 54.1 Å². The van der Waals surface area contributed by atoms with E-state index in [2.05, 4.69) is 0 Å². The standard InChI is InChI=1S/C5H10O4/c6-2-1-4(8)5(9)3-7/h2,4-5,7-9H,1,3H2/t4-,5+/m0/s1/i1T/t1-,4+,5-/m1. The van der Waals surface area contributed by atoms with Crippen LogP contribution in [0.5, 0.6) is 0 Å². The molecule has 0 aliphatic heterocycles. The predicted molar refractivity (Wildman–Crippen MR) is 29.8 cm³/mol. The second-order valence-electron chi connectivity index (χ2n) is 1.57. The molecule has 0 aromatic rings. The van der Waals surface area contributed by atoms with Gasteiger partial charge in [-0.15, -0.1) is 0 Å². The van der Waals surface area contributed by atoms with Crippen LogP contribution >= 0.6 is 0 Å². The molecule has 4 heteroatoms. The Morgan fingerprint density at radius 3 is 2.44 bits per heavy atom. The van der Waals surface area contributed by atoms with Gasteiger partial charge in [0.25, 0.3) is 0 Å². The normalized spacial score (nSPS) is 21.9. The van der Waals surface area contributed by atoms with Gasteiger partial charge in [0.2, 0.25) is 0 Å². The summed E-state index contributed by atoms with van der Waals surface area (Å²) < 4.78 is 6.77. The molecule has 0 heterocycles. The number of aliphatic hydroxyl groups excluding tert-OH is 3. The van der Waals surface area contributed by atoms with Gasteiger partial charge in [-0.05, 0) is 0 Å². The molecular weight excluding hydrogens is 124 g/mol. The molecule has 0 unspecified atom stereocenters. The van der Waals surface area contributed by atoms with Crippen LogP contribution in [-0.4, -0.2) is 40.4 Å². The largest absolute Gasteiger partial charge is 0.394 e. The Bertz CT molecular complexity index is 108. The Morgan fingerprint density at radius 2 is 2.11 bits per heavy atom. The van der Waals surface area contributed by atoms with E-state index in [0.29, 0.717) is 0 Å². The minimum atomic E-state index is -1.50. The average Bonchev–Trinajstić information content (AvgIpc) is 2.00. The highest BCUT2D eigenvalue weighted by atomic mass is 16.4. The van der Waals surface area contributed by atoms with E-state index in [0.717, 1.165) is 0 Å². The Hall–Kier alpha value is -0.450. The van der Waals surface area contributed by atoms with Crippen molar-refractivity contribution in [2.45, 2.75) is 18.6 Å². The highest BCUT2D eigenvalue weighted by molar-refractivity contribution is 5.50. The number of aliphatic hydroxyl groups is 3. The summed E-state index contributed by atoms with van der Waals surface area (Å²) in [6, 6.07) is 0. The van der Waals surface area contributed by atoms with E-state index in [9.17, 15) is 4.79 Å². The number of carbonyl (C=O) groups excluding carboxylic acids is 1. The summed E-state index contributed by atoms with van der Waals surface area (Å²) in [4.78, 5) is 9.83. The molecule has 54 valence electrons. The second kappa shape index (κ2) is 4.43. The van der Waals surface area contributed by atoms with Crippen LogP contribution in [0, 0.1) is 0 Å². The lowest BCUT2D eigenvalue weighted by atomic mass is 10.2. The minimum absolute atomic E-state index is 0.198. The van der Waals surface area contributed by atoms with Gasteiger partial charge in [-0.3, -0.25) is 0 Å². The van der Waals surface area contributed by atoms with Crippen LogP contribution in [0.3, 0.4) is 0 Å². The molecule has 4 nitrogen and oxygen atoms in total. The van der Waals surface area contributed by atoms with E-state index in [4.69, 9.17) is 16.7 Å². The van der Waals surface area contributed by atoms with Gasteiger partial charge in [0, 0.05) is 7.77 Å². The lowest BCUT2D eigenvalue weighted by molar-refractivity contribution is -0.111. The molecule has 0 radical (unpaired) electrons. The van der Waals surface area contributed by atoms with Crippen molar-refractivity contribution in [2.75, 3.05) is 6.61 Å². The molecule has 0 fully saturated rings. The van der Waals surface area contributed by atoms with Crippen molar-refractivity contribution >= 4 is 6.29 Å². The zero-order valence-electron chi connectivity index (χ0n) is 5.77. The molecule has 0 spiro atoms. The highest BCUT2D eigenvalue weighted by Crippen LogP contribution is 1.94. The first kappa shape index (κ1) is 6.67. The van der Waals surface area contributed by atoms with Gasteiger partial charge in [-0.2, -0.15) is 0 Å². The molecular formula is C5H10O4. The van der Waals surface area contributed by atoms with Crippen LogP contribution in [0.25, 0.3) is 0 Å². The van der Waals surface area contributed by atoms with Gasteiger partial charge in [0.1, 0.15) is 12.4 Å². The van der Waals surface area contributed by atoms with Crippen LogP contribution in [0.15, 0.2) is 0 Å². The quantitative estimate of drug-likeness (QED) is 0.402. The second-order valence-corrected chi connectivity index (χ2v) is 1.57. The lowest BCUT2D eigenvalue weighted by Gasteiger charge is -2.11. The Balaban J connectivity index is 3.80. The molecule has 0 rings (SSSR count).